The largest absolute Gasteiger partial charge is 0.478 e. The first-order valence-electron chi connectivity index (χ1n) is 4.72. The molecule has 0 unspecified atom stereocenters. The minimum atomic E-state index is -1.06. The van der Waals surface area contributed by atoms with E-state index in [0.717, 1.165) is 5.69 Å². The molecule has 0 radical (unpaired) electrons. The normalized spacial score (nSPS) is 9.94. The number of anilines is 2. The standard InChI is InChI=1S/C11H8ClN3O2/c12-9-5-7(11(16)17)6-14-10(9)15-8-1-3-13-4-2-8/h1-6H,(H,16,17)(H,13,14,15). The number of rotatable bonds is 3. The molecule has 2 aromatic rings. The molecule has 0 spiro atoms. The van der Waals surface area contributed by atoms with Crippen molar-refractivity contribution in [2.45, 2.75) is 0 Å². The fourth-order valence-electron chi connectivity index (χ4n) is 1.22. The number of carboxylic acids is 1. The van der Waals surface area contributed by atoms with Crippen LogP contribution in [-0.4, -0.2) is 21.0 Å². The molecular weight excluding hydrogens is 242 g/mol. The number of aromatic nitrogens is 2. The van der Waals surface area contributed by atoms with Gasteiger partial charge in [-0.2, -0.15) is 0 Å². The van der Waals surface area contributed by atoms with E-state index in [-0.39, 0.29) is 10.6 Å². The molecule has 86 valence electrons. The fraction of sp³-hybridized carbons (Fsp3) is 0. The van der Waals surface area contributed by atoms with E-state index in [1.807, 2.05) is 0 Å². The molecule has 5 nitrogen and oxygen atoms in total. The van der Waals surface area contributed by atoms with Crippen LogP contribution in [0.2, 0.25) is 5.02 Å². The Morgan fingerprint density at radius 2 is 2.06 bits per heavy atom. The van der Waals surface area contributed by atoms with Gasteiger partial charge in [-0.1, -0.05) is 11.6 Å². The molecule has 0 aromatic carbocycles. The zero-order chi connectivity index (χ0) is 12.3. The lowest BCUT2D eigenvalue weighted by molar-refractivity contribution is 0.0696. The zero-order valence-electron chi connectivity index (χ0n) is 8.59. The van der Waals surface area contributed by atoms with E-state index in [1.165, 1.54) is 12.3 Å². The summed E-state index contributed by atoms with van der Waals surface area (Å²) in [4.78, 5) is 18.5. The highest BCUT2D eigenvalue weighted by atomic mass is 35.5. The molecule has 17 heavy (non-hydrogen) atoms. The van der Waals surface area contributed by atoms with Gasteiger partial charge in [-0.05, 0) is 18.2 Å². The van der Waals surface area contributed by atoms with Crippen LogP contribution in [0.4, 0.5) is 11.5 Å². The zero-order valence-corrected chi connectivity index (χ0v) is 9.35. The molecule has 0 saturated heterocycles. The van der Waals surface area contributed by atoms with Crippen molar-refractivity contribution in [3.63, 3.8) is 0 Å². The summed E-state index contributed by atoms with van der Waals surface area (Å²) < 4.78 is 0. The van der Waals surface area contributed by atoms with Gasteiger partial charge < -0.3 is 10.4 Å². The molecule has 2 heterocycles. The number of carbonyl (C=O) groups is 1. The minimum Gasteiger partial charge on any atom is -0.478 e. The summed E-state index contributed by atoms with van der Waals surface area (Å²) in [7, 11) is 0. The molecule has 0 bridgehead atoms. The van der Waals surface area contributed by atoms with Crippen molar-refractivity contribution >= 4 is 29.1 Å². The molecule has 0 atom stereocenters. The minimum absolute atomic E-state index is 0.0512. The number of nitrogens with zero attached hydrogens (tertiary/aromatic N) is 2. The molecule has 0 saturated carbocycles. The Hall–Kier alpha value is -2.14. The molecular formula is C11H8ClN3O2. The van der Waals surface area contributed by atoms with Gasteiger partial charge in [-0.15, -0.1) is 0 Å². The molecule has 0 aliphatic heterocycles. The highest BCUT2D eigenvalue weighted by Crippen LogP contribution is 2.23. The molecule has 2 N–H and O–H groups in total. The van der Waals surface area contributed by atoms with Crippen molar-refractivity contribution in [3.8, 4) is 0 Å². The van der Waals surface area contributed by atoms with E-state index < -0.39 is 5.97 Å². The van der Waals surface area contributed by atoms with Gasteiger partial charge in [0.2, 0.25) is 0 Å². The SMILES string of the molecule is O=C(O)c1cnc(Nc2ccncc2)c(Cl)c1. The summed E-state index contributed by atoms with van der Waals surface area (Å²) in [6.07, 6.45) is 4.50. The van der Waals surface area contributed by atoms with Crippen molar-refractivity contribution < 1.29 is 9.90 Å². The topological polar surface area (TPSA) is 75.1 Å². The van der Waals surface area contributed by atoms with E-state index in [2.05, 4.69) is 15.3 Å². The van der Waals surface area contributed by atoms with Crippen LogP contribution in [0.3, 0.4) is 0 Å². The molecule has 0 fully saturated rings. The smallest absolute Gasteiger partial charge is 0.337 e. The van der Waals surface area contributed by atoms with Crippen molar-refractivity contribution in [1.29, 1.82) is 0 Å². The Morgan fingerprint density at radius 3 is 2.65 bits per heavy atom. The Morgan fingerprint density at radius 1 is 1.35 bits per heavy atom. The van der Waals surface area contributed by atoms with Crippen LogP contribution in [-0.2, 0) is 0 Å². The molecule has 2 rings (SSSR count). The number of halogens is 1. The molecule has 2 aromatic heterocycles. The lowest BCUT2D eigenvalue weighted by Gasteiger charge is -2.07. The lowest BCUT2D eigenvalue weighted by atomic mass is 10.3. The van der Waals surface area contributed by atoms with Crippen molar-refractivity contribution in [2.24, 2.45) is 0 Å². The number of hydrogen-bond acceptors (Lipinski definition) is 4. The maximum atomic E-state index is 10.7. The van der Waals surface area contributed by atoms with Crippen molar-refractivity contribution in [2.75, 3.05) is 5.32 Å². The molecule has 0 aliphatic carbocycles. The second-order valence-corrected chi connectivity index (χ2v) is 3.63. The first kappa shape index (κ1) is 11.3. The highest BCUT2D eigenvalue weighted by molar-refractivity contribution is 6.33. The number of carboxylic acid groups (broad SMARTS) is 1. The first-order valence-corrected chi connectivity index (χ1v) is 5.10. The van der Waals surface area contributed by atoms with Crippen LogP contribution in [0.5, 0.6) is 0 Å². The monoisotopic (exact) mass is 249 g/mol. The molecule has 6 heteroatoms. The maximum Gasteiger partial charge on any atom is 0.337 e. The summed E-state index contributed by atoms with van der Waals surface area (Å²) in [6.45, 7) is 0. The van der Waals surface area contributed by atoms with Crippen LogP contribution in [0.15, 0.2) is 36.8 Å². The van der Waals surface area contributed by atoms with Crippen LogP contribution in [0.1, 0.15) is 10.4 Å². The Bertz CT molecular complexity index is 546. The third kappa shape index (κ3) is 2.70. The average molecular weight is 250 g/mol. The summed E-state index contributed by atoms with van der Waals surface area (Å²) in [5.41, 5.74) is 0.827. The Labute approximate surface area is 102 Å². The van der Waals surface area contributed by atoms with Gasteiger partial charge in [-0.25, -0.2) is 9.78 Å². The van der Waals surface area contributed by atoms with Gasteiger partial charge in [0.1, 0.15) is 5.82 Å². The van der Waals surface area contributed by atoms with Gasteiger partial charge in [0, 0.05) is 24.3 Å². The van der Waals surface area contributed by atoms with E-state index in [9.17, 15) is 4.79 Å². The van der Waals surface area contributed by atoms with Gasteiger partial charge in [-0.3, -0.25) is 4.98 Å². The highest BCUT2D eigenvalue weighted by Gasteiger charge is 2.08. The first-order chi connectivity index (χ1) is 8.16. The Kier molecular flexibility index (Phi) is 3.20. The molecule has 0 aliphatic rings. The number of hydrogen-bond donors (Lipinski definition) is 2. The second-order valence-electron chi connectivity index (χ2n) is 3.22. The quantitative estimate of drug-likeness (QED) is 0.874. The summed E-state index contributed by atoms with van der Waals surface area (Å²) >= 11 is 5.92. The summed E-state index contributed by atoms with van der Waals surface area (Å²) in [6, 6.07) is 4.85. The van der Waals surface area contributed by atoms with E-state index in [4.69, 9.17) is 16.7 Å². The second kappa shape index (κ2) is 4.80. The van der Waals surface area contributed by atoms with Crippen molar-refractivity contribution in [3.05, 3.63) is 47.4 Å². The lowest BCUT2D eigenvalue weighted by Crippen LogP contribution is -2.00. The predicted octanol–water partition coefficient (Wildman–Crippen LogP) is 2.57. The van der Waals surface area contributed by atoms with E-state index in [0.29, 0.717) is 5.82 Å². The van der Waals surface area contributed by atoms with Gasteiger partial charge in [0.15, 0.2) is 0 Å². The average Bonchev–Trinajstić information content (AvgIpc) is 2.33. The van der Waals surface area contributed by atoms with Gasteiger partial charge in [0.25, 0.3) is 0 Å². The third-order valence-corrected chi connectivity index (χ3v) is 2.32. The number of nitrogens with one attached hydrogen (secondary N) is 1. The van der Waals surface area contributed by atoms with Crippen LogP contribution < -0.4 is 5.32 Å². The Balaban J connectivity index is 2.26. The number of pyridine rings is 2. The molecule has 0 amide bonds. The van der Waals surface area contributed by atoms with Crippen molar-refractivity contribution in [1.82, 2.24) is 9.97 Å². The fourth-order valence-corrected chi connectivity index (χ4v) is 1.43. The summed E-state index contributed by atoms with van der Waals surface area (Å²) in [5, 5.41) is 12.0. The van der Waals surface area contributed by atoms with Crippen LogP contribution in [0, 0.1) is 0 Å². The predicted molar refractivity (Wildman–Crippen MR) is 63.7 cm³/mol. The maximum absolute atomic E-state index is 10.7. The van der Waals surface area contributed by atoms with Crippen LogP contribution in [0.25, 0.3) is 0 Å². The van der Waals surface area contributed by atoms with E-state index >= 15 is 0 Å². The van der Waals surface area contributed by atoms with Gasteiger partial charge >= 0.3 is 5.97 Å². The van der Waals surface area contributed by atoms with Crippen LogP contribution >= 0.6 is 11.6 Å². The third-order valence-electron chi connectivity index (χ3n) is 2.03. The van der Waals surface area contributed by atoms with E-state index in [1.54, 1.807) is 24.5 Å². The number of aromatic carboxylic acids is 1. The van der Waals surface area contributed by atoms with Gasteiger partial charge in [0.05, 0.1) is 10.6 Å². The summed E-state index contributed by atoms with van der Waals surface area (Å²) in [5.74, 6) is -0.655.